The van der Waals surface area contributed by atoms with Crippen molar-refractivity contribution >= 4 is 11.6 Å². The first-order valence-electron chi connectivity index (χ1n) is 8.02. The highest BCUT2D eigenvalue weighted by atomic mass is 19.2. The van der Waals surface area contributed by atoms with Crippen molar-refractivity contribution in [2.24, 2.45) is 11.8 Å². The standard InChI is InChI=1S/C17H24F2N2O/c1-3-13(4-2)17(22)20-10-12-7-8-21(11-12)14-5-6-15(18)16(19)9-14/h5-6,9,12-13H,3-4,7-8,10-11H2,1-2H3,(H,20,22)/t12-/m0/s1. The van der Waals surface area contributed by atoms with Crippen molar-refractivity contribution in [3.05, 3.63) is 29.8 Å². The van der Waals surface area contributed by atoms with Crippen LogP contribution < -0.4 is 10.2 Å². The van der Waals surface area contributed by atoms with E-state index in [1.165, 1.54) is 6.07 Å². The van der Waals surface area contributed by atoms with Crippen LogP contribution in [0, 0.1) is 23.5 Å². The Bertz CT molecular complexity index is 517. The molecule has 1 heterocycles. The van der Waals surface area contributed by atoms with Crippen LogP contribution in [0.4, 0.5) is 14.5 Å². The van der Waals surface area contributed by atoms with Gasteiger partial charge in [0.15, 0.2) is 11.6 Å². The molecule has 1 aromatic rings. The van der Waals surface area contributed by atoms with Crippen LogP contribution in [-0.2, 0) is 4.79 Å². The van der Waals surface area contributed by atoms with Crippen molar-refractivity contribution in [3.8, 4) is 0 Å². The minimum Gasteiger partial charge on any atom is -0.371 e. The molecule has 2 rings (SSSR count). The summed E-state index contributed by atoms with van der Waals surface area (Å²) in [6.45, 7) is 6.25. The van der Waals surface area contributed by atoms with Gasteiger partial charge in [0, 0.05) is 37.3 Å². The largest absolute Gasteiger partial charge is 0.371 e. The number of nitrogens with zero attached hydrogens (tertiary/aromatic N) is 1. The topological polar surface area (TPSA) is 32.3 Å². The zero-order valence-electron chi connectivity index (χ0n) is 13.2. The molecule has 1 aliphatic heterocycles. The summed E-state index contributed by atoms with van der Waals surface area (Å²) in [5, 5.41) is 3.02. The first-order chi connectivity index (χ1) is 10.5. The molecule has 1 aromatic carbocycles. The number of hydrogen-bond donors (Lipinski definition) is 1. The second-order valence-electron chi connectivity index (χ2n) is 5.96. The van der Waals surface area contributed by atoms with Crippen LogP contribution in [0.1, 0.15) is 33.1 Å². The van der Waals surface area contributed by atoms with Crippen molar-refractivity contribution in [2.75, 3.05) is 24.5 Å². The molecule has 1 amide bonds. The summed E-state index contributed by atoms with van der Waals surface area (Å²) in [6, 6.07) is 4.00. The molecule has 0 saturated carbocycles. The number of benzene rings is 1. The maximum atomic E-state index is 13.3. The molecule has 0 spiro atoms. The predicted octanol–water partition coefficient (Wildman–Crippen LogP) is 3.34. The number of nitrogens with one attached hydrogen (secondary N) is 1. The second-order valence-corrected chi connectivity index (χ2v) is 5.96. The summed E-state index contributed by atoms with van der Waals surface area (Å²) in [7, 11) is 0. The van der Waals surface area contributed by atoms with E-state index < -0.39 is 11.6 Å². The molecule has 0 unspecified atom stereocenters. The summed E-state index contributed by atoms with van der Waals surface area (Å²) in [5.41, 5.74) is 0.702. The smallest absolute Gasteiger partial charge is 0.223 e. The molecule has 1 atom stereocenters. The quantitative estimate of drug-likeness (QED) is 0.874. The average molecular weight is 310 g/mol. The average Bonchev–Trinajstić information content (AvgIpc) is 2.98. The third kappa shape index (κ3) is 3.96. The Hall–Kier alpha value is -1.65. The first-order valence-corrected chi connectivity index (χ1v) is 8.02. The van der Waals surface area contributed by atoms with Gasteiger partial charge in [0.1, 0.15) is 0 Å². The van der Waals surface area contributed by atoms with Crippen LogP contribution >= 0.6 is 0 Å². The van der Waals surface area contributed by atoms with Crippen molar-refractivity contribution in [2.45, 2.75) is 33.1 Å². The van der Waals surface area contributed by atoms with Crippen molar-refractivity contribution < 1.29 is 13.6 Å². The summed E-state index contributed by atoms with van der Waals surface area (Å²) >= 11 is 0. The monoisotopic (exact) mass is 310 g/mol. The third-order valence-corrected chi connectivity index (χ3v) is 4.48. The number of rotatable bonds is 6. The molecule has 0 radical (unpaired) electrons. The van der Waals surface area contributed by atoms with Gasteiger partial charge in [-0.25, -0.2) is 8.78 Å². The van der Waals surface area contributed by atoms with Gasteiger partial charge in [-0.15, -0.1) is 0 Å². The van der Waals surface area contributed by atoms with Crippen LogP contribution in [0.25, 0.3) is 0 Å². The first kappa shape index (κ1) is 16.7. The lowest BCUT2D eigenvalue weighted by Gasteiger charge is -2.19. The summed E-state index contributed by atoms with van der Waals surface area (Å²) in [6.07, 6.45) is 2.66. The molecular formula is C17H24F2N2O. The van der Waals surface area contributed by atoms with Gasteiger partial charge in [-0.1, -0.05) is 13.8 Å². The summed E-state index contributed by atoms with van der Waals surface area (Å²) in [5.74, 6) is -1.08. The fourth-order valence-electron chi connectivity index (χ4n) is 2.96. The highest BCUT2D eigenvalue weighted by molar-refractivity contribution is 5.78. The van der Waals surface area contributed by atoms with Gasteiger partial charge in [0.2, 0.25) is 5.91 Å². The third-order valence-electron chi connectivity index (χ3n) is 4.48. The highest BCUT2D eigenvalue weighted by Crippen LogP contribution is 2.25. The minimum atomic E-state index is -0.822. The maximum Gasteiger partial charge on any atom is 0.223 e. The molecule has 0 aromatic heterocycles. The lowest BCUT2D eigenvalue weighted by atomic mass is 10.0. The summed E-state index contributed by atoms with van der Waals surface area (Å²) < 4.78 is 26.3. The van der Waals surface area contributed by atoms with Crippen LogP contribution in [0.2, 0.25) is 0 Å². The van der Waals surface area contributed by atoms with E-state index in [9.17, 15) is 13.6 Å². The van der Waals surface area contributed by atoms with Crippen molar-refractivity contribution in [1.29, 1.82) is 0 Å². The van der Waals surface area contributed by atoms with E-state index in [0.29, 0.717) is 18.2 Å². The Morgan fingerprint density at radius 3 is 2.68 bits per heavy atom. The van der Waals surface area contributed by atoms with Crippen LogP contribution in [0.5, 0.6) is 0 Å². The number of carbonyl (C=O) groups is 1. The van der Waals surface area contributed by atoms with E-state index in [4.69, 9.17) is 0 Å². The Morgan fingerprint density at radius 1 is 1.32 bits per heavy atom. The Morgan fingerprint density at radius 2 is 2.05 bits per heavy atom. The van der Waals surface area contributed by atoms with E-state index in [2.05, 4.69) is 5.32 Å². The fourth-order valence-corrected chi connectivity index (χ4v) is 2.96. The van der Waals surface area contributed by atoms with Crippen LogP contribution in [0.15, 0.2) is 18.2 Å². The molecule has 1 N–H and O–H groups in total. The van der Waals surface area contributed by atoms with Gasteiger partial charge in [0.05, 0.1) is 0 Å². The molecule has 3 nitrogen and oxygen atoms in total. The highest BCUT2D eigenvalue weighted by Gasteiger charge is 2.24. The number of carbonyl (C=O) groups excluding carboxylic acids is 1. The molecule has 122 valence electrons. The zero-order valence-corrected chi connectivity index (χ0v) is 13.2. The van der Waals surface area contributed by atoms with E-state index in [1.807, 2.05) is 18.7 Å². The molecule has 1 fully saturated rings. The number of hydrogen-bond acceptors (Lipinski definition) is 2. The van der Waals surface area contributed by atoms with E-state index in [0.717, 1.165) is 38.4 Å². The molecule has 1 aliphatic rings. The second kappa shape index (κ2) is 7.56. The van der Waals surface area contributed by atoms with Crippen molar-refractivity contribution in [3.63, 3.8) is 0 Å². The Balaban J connectivity index is 1.85. The number of amides is 1. The van der Waals surface area contributed by atoms with Crippen LogP contribution in [0.3, 0.4) is 0 Å². The molecule has 0 bridgehead atoms. The molecular weight excluding hydrogens is 286 g/mol. The number of anilines is 1. The SMILES string of the molecule is CCC(CC)C(=O)NC[C@@H]1CCN(c2ccc(F)c(F)c2)C1. The molecule has 0 aliphatic carbocycles. The lowest BCUT2D eigenvalue weighted by molar-refractivity contribution is -0.125. The summed E-state index contributed by atoms with van der Waals surface area (Å²) in [4.78, 5) is 14.0. The van der Waals surface area contributed by atoms with Gasteiger partial charge in [-0.05, 0) is 37.3 Å². The van der Waals surface area contributed by atoms with E-state index in [-0.39, 0.29) is 11.8 Å². The van der Waals surface area contributed by atoms with Gasteiger partial charge < -0.3 is 10.2 Å². The predicted molar refractivity (Wildman–Crippen MR) is 83.8 cm³/mol. The molecule has 22 heavy (non-hydrogen) atoms. The Kier molecular flexibility index (Phi) is 5.75. The maximum absolute atomic E-state index is 13.3. The van der Waals surface area contributed by atoms with E-state index in [1.54, 1.807) is 6.07 Å². The zero-order chi connectivity index (χ0) is 16.1. The van der Waals surface area contributed by atoms with Crippen molar-refractivity contribution in [1.82, 2.24) is 5.32 Å². The van der Waals surface area contributed by atoms with E-state index >= 15 is 0 Å². The molecule has 1 saturated heterocycles. The Labute approximate surface area is 130 Å². The van der Waals surface area contributed by atoms with Crippen LogP contribution in [-0.4, -0.2) is 25.5 Å². The number of halogens is 2. The lowest BCUT2D eigenvalue weighted by Crippen LogP contribution is -2.35. The van der Waals surface area contributed by atoms with Gasteiger partial charge in [-0.3, -0.25) is 4.79 Å². The van der Waals surface area contributed by atoms with Gasteiger partial charge in [-0.2, -0.15) is 0 Å². The van der Waals surface area contributed by atoms with Gasteiger partial charge >= 0.3 is 0 Å². The fraction of sp³-hybridized carbons (Fsp3) is 0.588. The minimum absolute atomic E-state index is 0.0868. The normalized spacial score (nSPS) is 18.0. The van der Waals surface area contributed by atoms with Gasteiger partial charge in [0.25, 0.3) is 0 Å². The molecule has 5 heteroatoms.